The summed E-state index contributed by atoms with van der Waals surface area (Å²) in [6.07, 6.45) is 1.83. The molecule has 3 aromatic rings. The molecule has 15 heteroatoms. The summed E-state index contributed by atoms with van der Waals surface area (Å²) in [6, 6.07) is 17.2. The van der Waals surface area contributed by atoms with Crippen molar-refractivity contribution < 1.29 is 33.9 Å². The second-order valence-electron chi connectivity index (χ2n) is 18.1. The Hall–Kier alpha value is -6.52. The molecule has 0 aromatic heterocycles. The molecule has 0 aliphatic rings. The quantitative estimate of drug-likeness (QED) is 0.0483. The number of benzene rings is 3. The van der Waals surface area contributed by atoms with E-state index in [0.29, 0.717) is 23.2 Å². The van der Waals surface area contributed by atoms with E-state index in [4.69, 9.17) is 5.73 Å². The Morgan fingerprint density at radius 2 is 1.28 bits per heavy atom. The van der Waals surface area contributed by atoms with Crippen molar-refractivity contribution in [2.75, 3.05) is 38.1 Å². The molecule has 1 unspecified atom stereocenters. The van der Waals surface area contributed by atoms with Crippen LogP contribution in [0.1, 0.15) is 108 Å². The number of amides is 6. The first-order chi connectivity index (χ1) is 32.4. The van der Waals surface area contributed by atoms with Gasteiger partial charge in [-0.2, -0.15) is 0 Å². The number of anilines is 1. The highest BCUT2D eigenvalue weighted by atomic mass is 16.3. The van der Waals surface area contributed by atoms with Gasteiger partial charge in [0.1, 0.15) is 30.2 Å². The lowest BCUT2D eigenvalue weighted by molar-refractivity contribution is -0.134. The van der Waals surface area contributed by atoms with Crippen LogP contribution in [0, 0.1) is 29.6 Å². The van der Waals surface area contributed by atoms with Crippen molar-refractivity contribution in [2.24, 2.45) is 11.7 Å². The van der Waals surface area contributed by atoms with E-state index >= 15 is 0 Å². The van der Waals surface area contributed by atoms with Crippen molar-refractivity contribution in [1.29, 1.82) is 0 Å². The third kappa shape index (κ3) is 19.4. The van der Waals surface area contributed by atoms with E-state index in [1.54, 1.807) is 36.4 Å². The summed E-state index contributed by atoms with van der Waals surface area (Å²) in [4.78, 5) is 84.7. The van der Waals surface area contributed by atoms with Crippen LogP contribution in [-0.4, -0.2) is 108 Å². The largest absolute Gasteiger partial charge is 0.394 e. The molecular weight excluding hydrogens is 861 g/mol. The van der Waals surface area contributed by atoms with Gasteiger partial charge in [-0.15, -0.1) is 0 Å². The molecule has 0 radical (unpaired) electrons. The number of nitrogens with zero attached hydrogens (tertiary/aromatic N) is 1. The van der Waals surface area contributed by atoms with E-state index in [2.05, 4.69) is 95.1 Å². The van der Waals surface area contributed by atoms with Gasteiger partial charge >= 0.3 is 0 Å². The number of hydrogen-bond donors (Lipinski definition) is 8. The zero-order valence-corrected chi connectivity index (χ0v) is 41.0. The van der Waals surface area contributed by atoms with Crippen LogP contribution < -0.4 is 37.6 Å². The number of rotatable bonds is 24. The van der Waals surface area contributed by atoms with Crippen molar-refractivity contribution >= 4 is 41.1 Å². The number of unbranched alkanes of at least 4 members (excludes halogenated alkanes) is 1. The van der Waals surface area contributed by atoms with E-state index in [1.165, 1.54) is 6.92 Å². The van der Waals surface area contributed by atoms with Crippen LogP contribution >= 0.6 is 0 Å². The highest BCUT2D eigenvalue weighted by molar-refractivity contribution is 6.00. The molecule has 0 heterocycles. The first kappa shape index (κ1) is 55.8. The maximum Gasteiger partial charge on any atom is 0.251 e. The van der Waals surface area contributed by atoms with Crippen molar-refractivity contribution in [1.82, 2.24) is 31.5 Å². The molecule has 68 heavy (non-hydrogen) atoms. The number of nitrogens with one attached hydrogen (secondary N) is 6. The summed E-state index contributed by atoms with van der Waals surface area (Å²) in [5.41, 5.74) is 8.52. The second kappa shape index (κ2) is 28.6. The van der Waals surface area contributed by atoms with Crippen LogP contribution in [-0.2, 0) is 35.8 Å². The van der Waals surface area contributed by atoms with Crippen LogP contribution in [0.5, 0.6) is 0 Å². The number of aliphatic hydroxyl groups is 1. The fourth-order valence-corrected chi connectivity index (χ4v) is 7.10. The molecular formula is C53H72N8O7. The van der Waals surface area contributed by atoms with Crippen molar-refractivity contribution in [2.45, 2.75) is 123 Å². The molecule has 6 amide bonds. The van der Waals surface area contributed by atoms with Crippen LogP contribution in [0.2, 0.25) is 0 Å². The number of hydrogen-bond acceptors (Lipinski definition) is 9. The number of carbonyl (C=O) groups excluding carboxylic acids is 6. The molecule has 366 valence electrons. The molecule has 3 rings (SSSR count). The van der Waals surface area contributed by atoms with Crippen LogP contribution in [0.3, 0.4) is 0 Å². The van der Waals surface area contributed by atoms with Gasteiger partial charge < -0.3 is 47.6 Å². The van der Waals surface area contributed by atoms with Gasteiger partial charge in [0.25, 0.3) is 5.91 Å². The van der Waals surface area contributed by atoms with Gasteiger partial charge in [-0.3, -0.25) is 28.8 Å². The Bertz CT molecular complexity index is 2230. The van der Waals surface area contributed by atoms with E-state index < -0.39 is 72.3 Å². The molecule has 0 bridgehead atoms. The average Bonchev–Trinajstić information content (AvgIpc) is 3.31. The second-order valence-corrected chi connectivity index (χ2v) is 18.1. The lowest BCUT2D eigenvalue weighted by Gasteiger charge is -2.27. The maximum absolute atomic E-state index is 14.1. The van der Waals surface area contributed by atoms with E-state index in [-0.39, 0.29) is 37.1 Å². The molecule has 5 atom stereocenters. The van der Waals surface area contributed by atoms with Gasteiger partial charge in [0, 0.05) is 23.2 Å². The van der Waals surface area contributed by atoms with Gasteiger partial charge in [0.05, 0.1) is 13.2 Å². The molecule has 0 saturated heterocycles. The van der Waals surface area contributed by atoms with Crippen molar-refractivity contribution in [3.63, 3.8) is 0 Å². The molecule has 0 aliphatic heterocycles. The Morgan fingerprint density at radius 3 is 1.87 bits per heavy atom. The smallest absolute Gasteiger partial charge is 0.251 e. The van der Waals surface area contributed by atoms with Gasteiger partial charge in [0.15, 0.2) is 0 Å². The van der Waals surface area contributed by atoms with Gasteiger partial charge in [-0.1, -0.05) is 103 Å². The predicted octanol–water partition coefficient (Wildman–Crippen LogP) is 3.79. The number of nitrogens with two attached hydrogens (primary N) is 1. The Morgan fingerprint density at radius 1 is 0.676 bits per heavy atom. The standard InChI is InChI=1S/C53H72N8O7/c1-9-61(10-2)32-18-16-22-43(49(65)60-46(35-62)52(68)56-42-29-23-38(24-30-42)19-15-12-17-31-54)57-51(67)44(33-36(3)4)58-47(63)37(5)55-50(66)45(34-39-20-13-11-14-21-39)59-48(64)40-25-27-41(28-26-40)53(6,7)8/h11,13-14,20-21,23-30,36-37,43-46,62H,9-10,16,18,22,31-35,54H2,1-8H3,(H,55,66)(H,56,68)(H,57,67)(H,58,63)(H,59,64)(H,60,65)/t37-,43-,44?,45-,46-/m0/s1. The van der Waals surface area contributed by atoms with Gasteiger partial charge in [-0.25, -0.2) is 0 Å². The van der Waals surface area contributed by atoms with Crippen molar-refractivity contribution in [3.8, 4) is 23.7 Å². The van der Waals surface area contributed by atoms with Crippen LogP contribution in [0.25, 0.3) is 0 Å². The normalized spacial score (nSPS) is 13.2. The lowest BCUT2D eigenvalue weighted by atomic mass is 9.86. The minimum absolute atomic E-state index is 0.0753. The average molecular weight is 933 g/mol. The topological polar surface area (TPSA) is 224 Å². The summed E-state index contributed by atoms with van der Waals surface area (Å²) in [7, 11) is 0. The van der Waals surface area contributed by atoms with E-state index in [1.807, 2.05) is 56.3 Å². The predicted molar refractivity (Wildman–Crippen MR) is 267 cm³/mol. The summed E-state index contributed by atoms with van der Waals surface area (Å²) in [5, 5.41) is 26.7. The Kier molecular flexibility index (Phi) is 23.5. The lowest BCUT2D eigenvalue weighted by Crippen LogP contribution is -2.59. The van der Waals surface area contributed by atoms with Crippen molar-refractivity contribution in [3.05, 3.63) is 101 Å². The third-order valence-electron chi connectivity index (χ3n) is 11.2. The molecule has 3 aromatic carbocycles. The zero-order chi connectivity index (χ0) is 50.2. The number of aliphatic hydroxyl groups excluding tert-OH is 1. The monoisotopic (exact) mass is 933 g/mol. The molecule has 15 nitrogen and oxygen atoms in total. The molecule has 9 N–H and O–H groups in total. The first-order valence-corrected chi connectivity index (χ1v) is 23.5. The van der Waals surface area contributed by atoms with Gasteiger partial charge in [-0.05, 0) is 123 Å². The SMILES string of the molecule is CCN(CC)CCCC[C@H](NC(=O)C(CC(C)C)NC(=O)[C@H](C)NC(=O)[C@H](Cc1ccccc1)NC(=O)c1ccc(C(C)(C)C)cc1)C(=O)N[C@@H](CO)C(=O)Nc1ccc(C#CC#CCN)cc1. The molecule has 0 aliphatic carbocycles. The minimum Gasteiger partial charge on any atom is -0.394 e. The van der Waals surface area contributed by atoms with Gasteiger partial charge in [0.2, 0.25) is 29.5 Å². The number of carbonyl (C=O) groups is 6. The van der Waals surface area contributed by atoms with E-state index in [0.717, 1.165) is 37.2 Å². The minimum atomic E-state index is -1.36. The summed E-state index contributed by atoms with van der Waals surface area (Å²) >= 11 is 0. The summed E-state index contributed by atoms with van der Waals surface area (Å²) in [6.45, 7) is 17.6. The fourth-order valence-electron chi connectivity index (χ4n) is 7.10. The molecule has 0 fully saturated rings. The van der Waals surface area contributed by atoms with E-state index in [9.17, 15) is 33.9 Å². The Balaban J connectivity index is 1.77. The van der Waals surface area contributed by atoms with Crippen LogP contribution in [0.15, 0.2) is 78.9 Å². The van der Waals surface area contributed by atoms with Crippen LogP contribution in [0.4, 0.5) is 5.69 Å². The first-order valence-electron chi connectivity index (χ1n) is 23.5. The molecule has 0 spiro atoms. The fraction of sp³-hybridized carbons (Fsp3) is 0.472. The Labute approximate surface area is 402 Å². The third-order valence-corrected chi connectivity index (χ3v) is 11.2. The summed E-state index contributed by atoms with van der Waals surface area (Å²) in [5.74, 6) is 7.06. The summed E-state index contributed by atoms with van der Waals surface area (Å²) < 4.78 is 0. The zero-order valence-electron chi connectivity index (χ0n) is 41.0. The maximum atomic E-state index is 14.1. The highest BCUT2D eigenvalue weighted by Gasteiger charge is 2.32. The molecule has 0 saturated carbocycles. The highest BCUT2D eigenvalue weighted by Crippen LogP contribution is 2.22.